The number of amides is 3. The summed E-state index contributed by atoms with van der Waals surface area (Å²) in [6.45, 7) is 9.18. The molecule has 1 saturated carbocycles. The fourth-order valence-corrected chi connectivity index (χ4v) is 7.69. The van der Waals surface area contributed by atoms with E-state index in [4.69, 9.17) is 4.74 Å². The number of anilines is 1. The van der Waals surface area contributed by atoms with Gasteiger partial charge in [0.05, 0.1) is 33.1 Å². The van der Waals surface area contributed by atoms with E-state index in [0.29, 0.717) is 16.9 Å². The number of carbonyl (C=O) groups excluding carboxylic acids is 2. The van der Waals surface area contributed by atoms with Crippen LogP contribution in [0.25, 0.3) is 10.4 Å². The van der Waals surface area contributed by atoms with E-state index in [1.807, 2.05) is 19.9 Å². The Morgan fingerprint density at radius 2 is 1.81 bits per heavy atom. The molecular weight excluding hydrogens is 589 g/mol. The molecule has 0 unspecified atom stereocenters. The van der Waals surface area contributed by atoms with Gasteiger partial charge in [-0.25, -0.2) is 27.7 Å². The fraction of sp³-hybridized carbons (Fsp3) is 0.467. The van der Waals surface area contributed by atoms with Crippen LogP contribution >= 0.6 is 11.3 Å². The number of carbonyl (C=O) groups is 2. The van der Waals surface area contributed by atoms with E-state index in [1.165, 1.54) is 17.4 Å². The van der Waals surface area contributed by atoms with Crippen LogP contribution in [-0.4, -0.2) is 48.2 Å². The smallest absolute Gasteiger partial charge is 0.407 e. The summed E-state index contributed by atoms with van der Waals surface area (Å²) < 4.78 is 35.1. The predicted molar refractivity (Wildman–Crippen MR) is 167 cm³/mol. The quantitative estimate of drug-likeness (QED) is 0.235. The lowest BCUT2D eigenvalue weighted by molar-refractivity contribution is 0.109. The third-order valence-electron chi connectivity index (χ3n) is 6.66. The summed E-state index contributed by atoms with van der Waals surface area (Å²) in [7, 11) is -3.96. The van der Waals surface area contributed by atoms with Crippen molar-refractivity contribution in [2.24, 2.45) is 0 Å². The zero-order chi connectivity index (χ0) is 31.2. The first-order valence-electron chi connectivity index (χ1n) is 14.3. The second-order valence-corrected chi connectivity index (χ2v) is 14.6. The van der Waals surface area contributed by atoms with Crippen LogP contribution in [0.2, 0.25) is 0 Å². The van der Waals surface area contributed by atoms with E-state index >= 15 is 0 Å². The van der Waals surface area contributed by atoms with Crippen molar-refractivity contribution in [2.45, 2.75) is 95.3 Å². The topological polar surface area (TPSA) is 151 Å². The summed E-state index contributed by atoms with van der Waals surface area (Å²) in [4.78, 5) is 34.2. The van der Waals surface area contributed by atoms with Crippen molar-refractivity contribution in [2.75, 3.05) is 5.32 Å². The lowest BCUT2D eigenvalue weighted by Crippen LogP contribution is -2.40. The van der Waals surface area contributed by atoms with Gasteiger partial charge in [0.25, 0.3) is 0 Å². The highest BCUT2D eigenvalue weighted by molar-refractivity contribution is 7.89. The van der Waals surface area contributed by atoms with Gasteiger partial charge >= 0.3 is 12.1 Å². The third kappa shape index (κ3) is 9.47. The van der Waals surface area contributed by atoms with Gasteiger partial charge in [0.2, 0.25) is 10.0 Å². The Kier molecular flexibility index (Phi) is 10.4. The fourth-order valence-electron chi connectivity index (χ4n) is 4.83. The first-order valence-corrected chi connectivity index (χ1v) is 16.6. The Balaban J connectivity index is 1.50. The molecule has 0 spiro atoms. The first-order chi connectivity index (χ1) is 20.3. The molecule has 0 radical (unpaired) electrons. The summed E-state index contributed by atoms with van der Waals surface area (Å²) in [5, 5.41) is 9.34. The summed E-state index contributed by atoms with van der Waals surface area (Å²) in [6, 6.07) is 9.85. The normalized spacial score (nSPS) is 17.3. The number of alkyl carbamates (subject to hydrolysis) is 1. The van der Waals surface area contributed by atoms with Crippen LogP contribution in [0.4, 0.5) is 15.3 Å². The second kappa shape index (κ2) is 13.8. The number of sulfonamides is 1. The van der Waals surface area contributed by atoms with Crippen LogP contribution in [0, 0.1) is 0 Å². The van der Waals surface area contributed by atoms with Crippen LogP contribution in [0.1, 0.15) is 76.9 Å². The van der Waals surface area contributed by atoms with Crippen molar-refractivity contribution >= 4 is 39.2 Å². The predicted octanol–water partition coefficient (Wildman–Crippen LogP) is 5.76. The Hall–Kier alpha value is -3.55. The van der Waals surface area contributed by atoms with E-state index < -0.39 is 27.7 Å². The number of hydrogen-bond donors (Lipinski definition) is 4. The minimum atomic E-state index is -3.96. The van der Waals surface area contributed by atoms with Crippen molar-refractivity contribution < 1.29 is 22.7 Å². The van der Waals surface area contributed by atoms with Crippen molar-refractivity contribution in [3.05, 3.63) is 59.5 Å². The monoisotopic (exact) mass is 628 g/mol. The van der Waals surface area contributed by atoms with Gasteiger partial charge in [-0.05, 0) is 84.6 Å². The number of nitrogens with zero attached hydrogens (tertiary/aromatic N) is 2. The SMILES string of the molecule is CC(C)OC(=O)N[C@H]1CC[C@H](c2ncc(-c3ccc(NC(=O)NCc4ccccn4)cc3S(=O)(=O)NC(C)(C)C)s2)CC1. The van der Waals surface area contributed by atoms with Gasteiger partial charge in [0.1, 0.15) is 0 Å². The van der Waals surface area contributed by atoms with Gasteiger partial charge < -0.3 is 20.7 Å². The van der Waals surface area contributed by atoms with Gasteiger partial charge in [-0.2, -0.15) is 0 Å². The first kappa shape index (κ1) is 32.4. The number of rotatable bonds is 9. The number of ether oxygens (including phenoxy) is 1. The Labute approximate surface area is 257 Å². The molecule has 11 nitrogen and oxygen atoms in total. The molecule has 232 valence electrons. The lowest BCUT2D eigenvalue weighted by atomic mass is 9.86. The Morgan fingerprint density at radius 1 is 1.07 bits per heavy atom. The summed E-state index contributed by atoms with van der Waals surface area (Å²) in [6.07, 6.45) is 6.12. The number of urea groups is 1. The van der Waals surface area contributed by atoms with Gasteiger partial charge in [-0.1, -0.05) is 12.1 Å². The molecule has 3 aromatic rings. The minimum Gasteiger partial charge on any atom is -0.447 e. The lowest BCUT2D eigenvalue weighted by Gasteiger charge is -2.28. The average Bonchev–Trinajstić information content (AvgIpc) is 3.41. The molecule has 3 amide bonds. The number of benzene rings is 1. The molecule has 0 saturated heterocycles. The molecule has 1 aliphatic rings. The molecule has 4 N–H and O–H groups in total. The van der Waals surface area contributed by atoms with Crippen LogP contribution < -0.4 is 20.7 Å². The molecule has 1 aliphatic carbocycles. The third-order valence-corrected chi connectivity index (χ3v) is 9.65. The average molecular weight is 629 g/mol. The molecular formula is C30H40N6O5S2. The van der Waals surface area contributed by atoms with Crippen LogP contribution in [0.15, 0.2) is 53.7 Å². The number of aromatic nitrogens is 2. The highest BCUT2D eigenvalue weighted by atomic mass is 32.2. The number of thiazole rings is 1. The maximum atomic E-state index is 13.6. The zero-order valence-corrected chi connectivity index (χ0v) is 26.8. The number of nitrogens with one attached hydrogen (secondary N) is 4. The summed E-state index contributed by atoms with van der Waals surface area (Å²) in [5.74, 6) is 0.217. The van der Waals surface area contributed by atoms with E-state index in [0.717, 1.165) is 35.6 Å². The molecule has 13 heteroatoms. The summed E-state index contributed by atoms with van der Waals surface area (Å²) >= 11 is 1.47. The van der Waals surface area contributed by atoms with Gasteiger partial charge in [0.15, 0.2) is 0 Å². The van der Waals surface area contributed by atoms with E-state index in [9.17, 15) is 18.0 Å². The number of pyridine rings is 1. The van der Waals surface area contributed by atoms with Crippen molar-refractivity contribution in [1.82, 2.24) is 25.3 Å². The largest absolute Gasteiger partial charge is 0.447 e. The molecule has 43 heavy (non-hydrogen) atoms. The van der Waals surface area contributed by atoms with Gasteiger partial charge in [-0.15, -0.1) is 11.3 Å². The number of hydrogen-bond acceptors (Lipinski definition) is 8. The molecule has 1 fully saturated rings. The van der Waals surface area contributed by atoms with Crippen LogP contribution in [0.3, 0.4) is 0 Å². The van der Waals surface area contributed by atoms with Crippen molar-refractivity contribution in [3.63, 3.8) is 0 Å². The van der Waals surface area contributed by atoms with Crippen molar-refractivity contribution in [3.8, 4) is 10.4 Å². The van der Waals surface area contributed by atoms with E-state index in [2.05, 4.69) is 30.6 Å². The molecule has 2 aromatic heterocycles. The Morgan fingerprint density at radius 3 is 2.47 bits per heavy atom. The van der Waals surface area contributed by atoms with E-state index in [1.54, 1.807) is 57.4 Å². The molecule has 2 heterocycles. The van der Waals surface area contributed by atoms with Crippen LogP contribution in [-0.2, 0) is 21.3 Å². The summed E-state index contributed by atoms with van der Waals surface area (Å²) in [5.41, 5.74) is 0.826. The van der Waals surface area contributed by atoms with E-state index in [-0.39, 0.29) is 29.5 Å². The maximum absolute atomic E-state index is 13.6. The highest BCUT2D eigenvalue weighted by Gasteiger charge is 2.29. The standard InChI is InChI=1S/C30H40N6O5S2/c1-19(2)41-29(38)35-21-11-9-20(10-12-21)27-32-18-25(42-27)24-14-13-22(16-26(24)43(39,40)36-30(3,4)5)34-28(37)33-17-23-8-6-7-15-31-23/h6-8,13-16,18-21,36H,9-12,17H2,1-5H3,(H,35,38)(H2,33,34,37)/t20-,21-. The molecule has 1 aromatic carbocycles. The molecule has 0 bridgehead atoms. The zero-order valence-electron chi connectivity index (χ0n) is 25.1. The minimum absolute atomic E-state index is 0.0525. The molecule has 0 atom stereocenters. The molecule has 0 aliphatic heterocycles. The second-order valence-electron chi connectivity index (χ2n) is 11.9. The maximum Gasteiger partial charge on any atom is 0.407 e. The van der Waals surface area contributed by atoms with Crippen molar-refractivity contribution in [1.29, 1.82) is 0 Å². The van der Waals surface area contributed by atoms with Gasteiger partial charge in [0, 0.05) is 41.1 Å². The van der Waals surface area contributed by atoms with Crippen LogP contribution in [0.5, 0.6) is 0 Å². The van der Waals surface area contributed by atoms with Gasteiger partial charge in [-0.3, -0.25) is 4.98 Å². The molecule has 4 rings (SSSR count). The Bertz CT molecular complexity index is 1510. The highest BCUT2D eigenvalue weighted by Crippen LogP contribution is 2.40.